The first-order valence-electron chi connectivity index (χ1n) is 4.77. The average molecular weight is 190 g/mol. The lowest BCUT2D eigenvalue weighted by Gasteiger charge is -2.20. The molecule has 0 saturated carbocycles. The van der Waals surface area contributed by atoms with Gasteiger partial charge in [0.05, 0.1) is 0 Å². The minimum atomic E-state index is -0.277. The van der Waals surface area contributed by atoms with Crippen LogP contribution in [0.3, 0.4) is 0 Å². The van der Waals surface area contributed by atoms with Gasteiger partial charge in [-0.05, 0) is 44.9 Å². The molecule has 0 radical (unpaired) electrons. The standard InChI is InChI=1S/C12H14O2/c1-7-5-9(13)6-10-11(7)8(2)12(3,4)14-10/h5-6H,1-4H3. The Bertz CT molecular complexity index is 406. The van der Waals surface area contributed by atoms with E-state index in [2.05, 4.69) is 6.92 Å². The van der Waals surface area contributed by atoms with E-state index in [-0.39, 0.29) is 11.4 Å². The molecule has 1 aliphatic carbocycles. The molecule has 0 atom stereocenters. The molecule has 74 valence electrons. The van der Waals surface area contributed by atoms with Crippen molar-refractivity contribution in [3.05, 3.63) is 34.6 Å². The Balaban J connectivity index is 2.60. The molecule has 0 unspecified atom stereocenters. The van der Waals surface area contributed by atoms with Gasteiger partial charge in [0.1, 0.15) is 11.4 Å². The van der Waals surface area contributed by atoms with E-state index in [1.54, 1.807) is 12.2 Å². The molecule has 2 nitrogen and oxygen atoms in total. The Morgan fingerprint density at radius 3 is 2.50 bits per heavy atom. The van der Waals surface area contributed by atoms with E-state index < -0.39 is 0 Å². The number of ether oxygens (including phenoxy) is 1. The molecule has 2 heteroatoms. The van der Waals surface area contributed by atoms with E-state index in [0.717, 1.165) is 16.9 Å². The molecule has 0 aromatic rings. The van der Waals surface area contributed by atoms with Gasteiger partial charge in [-0.15, -0.1) is 0 Å². The highest BCUT2D eigenvalue weighted by molar-refractivity contribution is 6.03. The fraction of sp³-hybridized carbons (Fsp3) is 0.417. The van der Waals surface area contributed by atoms with Crippen LogP contribution in [0.25, 0.3) is 0 Å². The second kappa shape index (κ2) is 2.59. The summed E-state index contributed by atoms with van der Waals surface area (Å²) in [7, 11) is 0. The number of rotatable bonds is 0. The quantitative estimate of drug-likeness (QED) is 0.586. The summed E-state index contributed by atoms with van der Waals surface area (Å²) >= 11 is 0. The number of carbonyl (C=O) groups excluding carboxylic acids is 1. The van der Waals surface area contributed by atoms with Crippen LogP contribution in [0.2, 0.25) is 0 Å². The van der Waals surface area contributed by atoms with Crippen molar-refractivity contribution >= 4 is 5.78 Å². The molecule has 0 aromatic heterocycles. The summed E-state index contributed by atoms with van der Waals surface area (Å²) in [5.74, 6) is 0.754. The Morgan fingerprint density at radius 2 is 1.86 bits per heavy atom. The zero-order valence-electron chi connectivity index (χ0n) is 8.97. The molecule has 2 aliphatic rings. The van der Waals surface area contributed by atoms with Gasteiger partial charge in [-0.25, -0.2) is 0 Å². The number of hydrogen-bond donors (Lipinski definition) is 0. The maximum Gasteiger partial charge on any atom is 0.182 e. The van der Waals surface area contributed by atoms with Gasteiger partial charge in [-0.3, -0.25) is 4.79 Å². The van der Waals surface area contributed by atoms with Gasteiger partial charge in [0.15, 0.2) is 5.78 Å². The molecule has 0 N–H and O–H groups in total. The first-order chi connectivity index (χ1) is 6.42. The molecule has 0 fully saturated rings. The van der Waals surface area contributed by atoms with Crippen LogP contribution in [-0.4, -0.2) is 11.4 Å². The van der Waals surface area contributed by atoms with Gasteiger partial charge in [-0.2, -0.15) is 0 Å². The van der Waals surface area contributed by atoms with Crippen molar-refractivity contribution in [3.8, 4) is 0 Å². The Labute approximate surface area is 83.9 Å². The summed E-state index contributed by atoms with van der Waals surface area (Å²) in [4.78, 5) is 11.3. The van der Waals surface area contributed by atoms with Crippen molar-refractivity contribution in [2.45, 2.75) is 33.3 Å². The molecular formula is C12H14O2. The molecule has 1 aliphatic heterocycles. The van der Waals surface area contributed by atoms with Crippen LogP contribution in [0.15, 0.2) is 34.6 Å². The topological polar surface area (TPSA) is 26.3 Å². The normalized spacial score (nSPS) is 24.1. The van der Waals surface area contributed by atoms with Crippen molar-refractivity contribution in [2.75, 3.05) is 0 Å². The molecule has 2 rings (SSSR count). The lowest BCUT2D eigenvalue weighted by Crippen LogP contribution is -2.19. The highest BCUT2D eigenvalue weighted by Crippen LogP contribution is 2.42. The van der Waals surface area contributed by atoms with Gasteiger partial charge in [0.2, 0.25) is 0 Å². The summed E-state index contributed by atoms with van der Waals surface area (Å²) < 4.78 is 5.73. The van der Waals surface area contributed by atoms with Crippen molar-refractivity contribution < 1.29 is 9.53 Å². The van der Waals surface area contributed by atoms with Gasteiger partial charge >= 0.3 is 0 Å². The third-order valence-corrected chi connectivity index (χ3v) is 2.92. The second-order valence-electron chi connectivity index (χ2n) is 4.35. The van der Waals surface area contributed by atoms with Gasteiger partial charge < -0.3 is 4.74 Å². The molecule has 0 bridgehead atoms. The van der Waals surface area contributed by atoms with Crippen LogP contribution in [0.5, 0.6) is 0 Å². The van der Waals surface area contributed by atoms with E-state index in [1.165, 1.54) is 5.57 Å². The number of hydrogen-bond acceptors (Lipinski definition) is 2. The summed E-state index contributed by atoms with van der Waals surface area (Å²) in [6.07, 6.45) is 3.23. The van der Waals surface area contributed by atoms with Gasteiger partial charge in [0, 0.05) is 11.6 Å². The smallest absolute Gasteiger partial charge is 0.182 e. The first kappa shape index (κ1) is 9.25. The van der Waals surface area contributed by atoms with Crippen molar-refractivity contribution in [3.63, 3.8) is 0 Å². The minimum absolute atomic E-state index is 0.0201. The van der Waals surface area contributed by atoms with Crippen LogP contribution in [0.1, 0.15) is 27.7 Å². The van der Waals surface area contributed by atoms with E-state index in [9.17, 15) is 4.79 Å². The average Bonchev–Trinajstić information content (AvgIpc) is 2.21. The number of ketones is 1. The predicted molar refractivity (Wildman–Crippen MR) is 54.7 cm³/mol. The van der Waals surface area contributed by atoms with Crippen molar-refractivity contribution in [2.24, 2.45) is 0 Å². The molecule has 0 spiro atoms. The Hall–Kier alpha value is -1.31. The summed E-state index contributed by atoms with van der Waals surface area (Å²) in [5, 5.41) is 0. The van der Waals surface area contributed by atoms with E-state index in [0.29, 0.717) is 0 Å². The number of carbonyl (C=O) groups is 1. The van der Waals surface area contributed by atoms with E-state index in [4.69, 9.17) is 4.74 Å². The molecule has 0 saturated heterocycles. The lowest BCUT2D eigenvalue weighted by molar-refractivity contribution is -0.110. The fourth-order valence-electron chi connectivity index (χ4n) is 1.94. The highest BCUT2D eigenvalue weighted by Gasteiger charge is 2.36. The lowest BCUT2D eigenvalue weighted by atomic mass is 9.91. The minimum Gasteiger partial charge on any atom is -0.483 e. The number of allylic oxidation sites excluding steroid dienone is 3. The molecule has 1 heterocycles. The van der Waals surface area contributed by atoms with Crippen LogP contribution in [0, 0.1) is 0 Å². The molecule has 0 amide bonds. The van der Waals surface area contributed by atoms with Crippen LogP contribution in [-0.2, 0) is 9.53 Å². The maximum absolute atomic E-state index is 11.3. The largest absolute Gasteiger partial charge is 0.483 e. The van der Waals surface area contributed by atoms with Gasteiger partial charge in [-0.1, -0.05) is 0 Å². The monoisotopic (exact) mass is 190 g/mol. The van der Waals surface area contributed by atoms with E-state index in [1.807, 2.05) is 20.8 Å². The third kappa shape index (κ3) is 1.14. The van der Waals surface area contributed by atoms with Crippen LogP contribution < -0.4 is 0 Å². The predicted octanol–water partition coefficient (Wildman–Crippen LogP) is 2.52. The highest BCUT2D eigenvalue weighted by atomic mass is 16.5. The summed E-state index contributed by atoms with van der Waals surface area (Å²) in [6.45, 7) is 8.05. The number of fused-ring (bicyclic) bond motifs is 1. The van der Waals surface area contributed by atoms with E-state index >= 15 is 0 Å². The molecule has 0 aromatic carbocycles. The third-order valence-electron chi connectivity index (χ3n) is 2.92. The van der Waals surface area contributed by atoms with Crippen LogP contribution >= 0.6 is 0 Å². The van der Waals surface area contributed by atoms with Crippen LogP contribution in [0.4, 0.5) is 0 Å². The van der Waals surface area contributed by atoms with Gasteiger partial charge in [0.25, 0.3) is 0 Å². The Kier molecular flexibility index (Phi) is 1.71. The first-order valence-corrected chi connectivity index (χ1v) is 4.77. The Morgan fingerprint density at radius 1 is 1.21 bits per heavy atom. The summed E-state index contributed by atoms with van der Waals surface area (Å²) in [5.41, 5.74) is 3.04. The zero-order chi connectivity index (χ0) is 10.5. The molecule has 14 heavy (non-hydrogen) atoms. The summed E-state index contributed by atoms with van der Waals surface area (Å²) in [6, 6.07) is 0. The fourth-order valence-corrected chi connectivity index (χ4v) is 1.94. The SMILES string of the molecule is CC1=CC(=O)C=C2OC(C)(C)C(C)=C12. The van der Waals surface area contributed by atoms with Crippen molar-refractivity contribution in [1.82, 2.24) is 0 Å². The maximum atomic E-state index is 11.3. The molecular weight excluding hydrogens is 176 g/mol. The second-order valence-corrected chi connectivity index (χ2v) is 4.35. The van der Waals surface area contributed by atoms with Crippen molar-refractivity contribution in [1.29, 1.82) is 0 Å². The zero-order valence-corrected chi connectivity index (χ0v) is 8.97.